The Bertz CT molecular complexity index is 344. The topological polar surface area (TPSA) is 32.3 Å². The molecule has 1 aromatic rings. The minimum Gasteiger partial charge on any atom is -0.333 e. The maximum atomic E-state index is 11.6. The molecular weight excluding hydrogens is 200 g/mol. The van der Waals surface area contributed by atoms with Gasteiger partial charge in [0.15, 0.2) is 0 Å². The molecule has 0 aliphatic heterocycles. The highest BCUT2D eigenvalue weighted by atomic mass is 16.2. The molecule has 0 heterocycles. The minimum atomic E-state index is -0.233. The van der Waals surface area contributed by atoms with E-state index in [4.69, 9.17) is 0 Å². The standard InChI is InChI=1S/C13H20N2O/c1-13(2,14-12(16)15(3)4)10-11-8-6-5-7-9-11/h5-9H,10H2,1-4H3,(H,14,16). The highest BCUT2D eigenvalue weighted by molar-refractivity contribution is 5.74. The first-order valence-corrected chi connectivity index (χ1v) is 5.44. The van der Waals surface area contributed by atoms with Crippen LogP contribution in [0.15, 0.2) is 30.3 Å². The summed E-state index contributed by atoms with van der Waals surface area (Å²) in [4.78, 5) is 13.1. The molecule has 0 aromatic heterocycles. The second-order valence-electron chi connectivity index (χ2n) is 4.87. The first-order chi connectivity index (χ1) is 7.41. The lowest BCUT2D eigenvalue weighted by atomic mass is 9.95. The van der Waals surface area contributed by atoms with Crippen molar-refractivity contribution in [2.75, 3.05) is 14.1 Å². The van der Waals surface area contributed by atoms with Crippen molar-refractivity contribution < 1.29 is 4.79 Å². The van der Waals surface area contributed by atoms with Crippen molar-refractivity contribution in [2.45, 2.75) is 25.8 Å². The summed E-state index contributed by atoms with van der Waals surface area (Å²) in [5.41, 5.74) is 0.995. The van der Waals surface area contributed by atoms with Crippen molar-refractivity contribution in [3.63, 3.8) is 0 Å². The highest BCUT2D eigenvalue weighted by Crippen LogP contribution is 2.12. The van der Waals surface area contributed by atoms with E-state index in [1.807, 2.05) is 32.0 Å². The third-order valence-electron chi connectivity index (χ3n) is 2.34. The Morgan fingerprint density at radius 2 is 1.81 bits per heavy atom. The average molecular weight is 220 g/mol. The van der Waals surface area contributed by atoms with Gasteiger partial charge in [0.1, 0.15) is 0 Å². The summed E-state index contributed by atoms with van der Waals surface area (Å²) in [5.74, 6) is 0. The van der Waals surface area contributed by atoms with E-state index in [1.165, 1.54) is 5.56 Å². The first kappa shape index (κ1) is 12.6. The number of hydrogen-bond acceptors (Lipinski definition) is 1. The van der Waals surface area contributed by atoms with Crippen molar-refractivity contribution in [2.24, 2.45) is 0 Å². The molecule has 0 atom stereocenters. The molecule has 1 aromatic carbocycles. The van der Waals surface area contributed by atoms with Gasteiger partial charge in [0.25, 0.3) is 0 Å². The normalized spacial score (nSPS) is 11.0. The van der Waals surface area contributed by atoms with Crippen LogP contribution in [0.3, 0.4) is 0 Å². The number of carbonyl (C=O) groups excluding carboxylic acids is 1. The molecule has 3 heteroatoms. The number of carbonyl (C=O) groups is 1. The molecule has 0 aliphatic rings. The van der Waals surface area contributed by atoms with Crippen molar-refractivity contribution >= 4 is 6.03 Å². The second-order valence-corrected chi connectivity index (χ2v) is 4.87. The summed E-state index contributed by atoms with van der Waals surface area (Å²) >= 11 is 0. The van der Waals surface area contributed by atoms with Gasteiger partial charge in [-0.05, 0) is 25.8 Å². The van der Waals surface area contributed by atoms with E-state index < -0.39 is 0 Å². The van der Waals surface area contributed by atoms with Crippen molar-refractivity contribution in [1.82, 2.24) is 10.2 Å². The maximum absolute atomic E-state index is 11.6. The zero-order valence-corrected chi connectivity index (χ0v) is 10.4. The van der Waals surface area contributed by atoms with Crippen LogP contribution in [0, 0.1) is 0 Å². The van der Waals surface area contributed by atoms with Crippen molar-refractivity contribution in [3.8, 4) is 0 Å². The summed E-state index contributed by atoms with van der Waals surface area (Å²) in [6, 6.07) is 10.1. The Hall–Kier alpha value is -1.51. The number of amides is 2. The lowest BCUT2D eigenvalue weighted by Gasteiger charge is -2.28. The molecule has 0 radical (unpaired) electrons. The summed E-state index contributed by atoms with van der Waals surface area (Å²) in [6.07, 6.45) is 0.827. The van der Waals surface area contributed by atoms with Crippen LogP contribution >= 0.6 is 0 Å². The van der Waals surface area contributed by atoms with Gasteiger partial charge in [-0.3, -0.25) is 0 Å². The van der Waals surface area contributed by atoms with E-state index in [1.54, 1.807) is 19.0 Å². The summed E-state index contributed by atoms with van der Waals surface area (Å²) in [5, 5.41) is 2.99. The Morgan fingerprint density at radius 1 is 1.25 bits per heavy atom. The van der Waals surface area contributed by atoms with Gasteiger partial charge >= 0.3 is 6.03 Å². The van der Waals surface area contributed by atoms with Crippen LogP contribution in [0.2, 0.25) is 0 Å². The fourth-order valence-electron chi connectivity index (χ4n) is 1.55. The summed E-state index contributed by atoms with van der Waals surface area (Å²) in [6.45, 7) is 4.06. The van der Waals surface area contributed by atoms with Crippen molar-refractivity contribution in [1.29, 1.82) is 0 Å². The molecule has 16 heavy (non-hydrogen) atoms. The molecule has 1 N–H and O–H groups in total. The molecule has 0 saturated carbocycles. The molecule has 0 saturated heterocycles. The van der Waals surface area contributed by atoms with Crippen LogP contribution in [-0.2, 0) is 6.42 Å². The maximum Gasteiger partial charge on any atom is 0.317 e. The fourth-order valence-corrected chi connectivity index (χ4v) is 1.55. The SMILES string of the molecule is CN(C)C(=O)NC(C)(C)Cc1ccccc1. The molecule has 0 bridgehead atoms. The predicted molar refractivity (Wildman–Crippen MR) is 66.4 cm³/mol. The lowest BCUT2D eigenvalue weighted by Crippen LogP contribution is -2.49. The Labute approximate surface area is 97.5 Å². The molecule has 1 rings (SSSR count). The zero-order valence-electron chi connectivity index (χ0n) is 10.4. The van der Waals surface area contributed by atoms with Crippen LogP contribution < -0.4 is 5.32 Å². The van der Waals surface area contributed by atoms with Gasteiger partial charge in [-0.2, -0.15) is 0 Å². The van der Waals surface area contributed by atoms with E-state index >= 15 is 0 Å². The minimum absolute atomic E-state index is 0.0547. The second kappa shape index (κ2) is 5.01. The monoisotopic (exact) mass is 220 g/mol. The van der Waals surface area contributed by atoms with E-state index in [0.717, 1.165) is 6.42 Å². The van der Waals surface area contributed by atoms with Crippen LogP contribution in [0.5, 0.6) is 0 Å². The largest absolute Gasteiger partial charge is 0.333 e. The van der Waals surface area contributed by atoms with E-state index in [-0.39, 0.29) is 11.6 Å². The Balaban J connectivity index is 2.62. The number of hydrogen-bond donors (Lipinski definition) is 1. The van der Waals surface area contributed by atoms with Crippen LogP contribution in [0.1, 0.15) is 19.4 Å². The number of nitrogens with one attached hydrogen (secondary N) is 1. The smallest absolute Gasteiger partial charge is 0.317 e. The molecule has 0 aliphatic carbocycles. The first-order valence-electron chi connectivity index (χ1n) is 5.44. The number of nitrogens with zero attached hydrogens (tertiary/aromatic N) is 1. The zero-order chi connectivity index (χ0) is 12.2. The molecule has 0 fully saturated rings. The highest BCUT2D eigenvalue weighted by Gasteiger charge is 2.21. The third kappa shape index (κ3) is 3.93. The van der Waals surface area contributed by atoms with Crippen molar-refractivity contribution in [3.05, 3.63) is 35.9 Å². The lowest BCUT2D eigenvalue weighted by molar-refractivity contribution is 0.205. The quantitative estimate of drug-likeness (QED) is 0.832. The van der Waals surface area contributed by atoms with Gasteiger partial charge in [0.05, 0.1) is 0 Å². The Morgan fingerprint density at radius 3 is 2.31 bits per heavy atom. The molecule has 0 unspecified atom stereocenters. The van der Waals surface area contributed by atoms with Gasteiger partial charge in [-0.25, -0.2) is 4.79 Å². The number of rotatable bonds is 3. The van der Waals surface area contributed by atoms with Gasteiger partial charge in [-0.15, -0.1) is 0 Å². The van der Waals surface area contributed by atoms with Gasteiger partial charge in [0, 0.05) is 19.6 Å². The summed E-state index contributed by atoms with van der Waals surface area (Å²) < 4.78 is 0. The van der Waals surface area contributed by atoms with E-state index in [0.29, 0.717) is 0 Å². The molecule has 3 nitrogen and oxygen atoms in total. The van der Waals surface area contributed by atoms with Gasteiger partial charge in [0.2, 0.25) is 0 Å². The average Bonchev–Trinajstić information content (AvgIpc) is 2.17. The van der Waals surface area contributed by atoms with Gasteiger partial charge < -0.3 is 10.2 Å². The molecule has 2 amide bonds. The predicted octanol–water partition coefficient (Wildman–Crippen LogP) is 2.28. The molecular formula is C13H20N2O. The summed E-state index contributed by atoms with van der Waals surface area (Å²) in [7, 11) is 3.49. The molecule has 0 spiro atoms. The number of benzene rings is 1. The van der Waals surface area contributed by atoms with Crippen LogP contribution in [-0.4, -0.2) is 30.6 Å². The van der Waals surface area contributed by atoms with E-state index in [2.05, 4.69) is 17.4 Å². The van der Waals surface area contributed by atoms with E-state index in [9.17, 15) is 4.79 Å². The van der Waals surface area contributed by atoms with Crippen LogP contribution in [0.4, 0.5) is 4.79 Å². The van der Waals surface area contributed by atoms with Crippen LogP contribution in [0.25, 0.3) is 0 Å². The fraction of sp³-hybridized carbons (Fsp3) is 0.462. The third-order valence-corrected chi connectivity index (χ3v) is 2.34. The van der Waals surface area contributed by atoms with Gasteiger partial charge in [-0.1, -0.05) is 30.3 Å². The molecule has 88 valence electrons. The number of urea groups is 1. The Kier molecular flexibility index (Phi) is 3.93.